The molecule has 0 radical (unpaired) electrons. The van der Waals surface area contributed by atoms with Gasteiger partial charge in [-0.05, 0) is 17.7 Å². The summed E-state index contributed by atoms with van der Waals surface area (Å²) >= 11 is -1.96. The monoisotopic (exact) mass is 361 g/mol. The molecular formula is C21H15NO3S. The van der Waals surface area contributed by atoms with Crippen LogP contribution in [0.1, 0.15) is 11.1 Å². The van der Waals surface area contributed by atoms with Crippen LogP contribution in [0.4, 0.5) is 5.69 Å². The molecule has 0 aliphatic carbocycles. The van der Waals surface area contributed by atoms with Gasteiger partial charge in [-0.1, -0.05) is 78.9 Å². The Morgan fingerprint density at radius 3 is 1.77 bits per heavy atom. The van der Waals surface area contributed by atoms with Gasteiger partial charge >= 0.3 is 11.3 Å². The summed E-state index contributed by atoms with van der Waals surface area (Å²) in [4.78, 5) is 13.3. The van der Waals surface area contributed by atoms with Crippen LogP contribution >= 0.6 is 0 Å². The van der Waals surface area contributed by atoms with E-state index in [1.807, 2.05) is 66.7 Å². The zero-order valence-corrected chi connectivity index (χ0v) is 14.6. The number of hydrogen-bond donors (Lipinski definition) is 0. The molecule has 4 rings (SSSR count). The van der Waals surface area contributed by atoms with Crippen LogP contribution in [0.5, 0.6) is 0 Å². The topological polar surface area (TPSA) is 46.6 Å². The molecule has 0 fully saturated rings. The summed E-state index contributed by atoms with van der Waals surface area (Å²) in [6, 6.07) is 27.4. The van der Waals surface area contributed by atoms with Gasteiger partial charge in [-0.3, -0.25) is 4.79 Å². The summed E-state index contributed by atoms with van der Waals surface area (Å²) in [6.45, 7) is 0. The zero-order chi connectivity index (χ0) is 17.9. The van der Waals surface area contributed by atoms with Gasteiger partial charge < -0.3 is 4.18 Å². The van der Waals surface area contributed by atoms with Crippen molar-refractivity contribution >= 4 is 34.2 Å². The standard InChI is InChI=1S/C21H15NO3S/c23-21-19(16-10-4-1-5-11-16)20(17-12-6-2-7-13-17)25-26(24)22(21)18-14-8-3-9-15-18/h1-15H. The molecular weight excluding hydrogens is 346 g/mol. The predicted molar refractivity (Wildman–Crippen MR) is 103 cm³/mol. The maximum absolute atomic E-state index is 13.3. The first-order valence-electron chi connectivity index (χ1n) is 8.10. The molecule has 1 unspecified atom stereocenters. The minimum atomic E-state index is -1.96. The Kier molecular flexibility index (Phi) is 4.37. The van der Waals surface area contributed by atoms with E-state index in [1.54, 1.807) is 24.3 Å². The number of anilines is 1. The quantitative estimate of drug-likeness (QED) is 0.702. The lowest BCUT2D eigenvalue weighted by Crippen LogP contribution is -2.38. The molecule has 0 saturated heterocycles. The second-order valence-electron chi connectivity index (χ2n) is 5.67. The van der Waals surface area contributed by atoms with E-state index in [9.17, 15) is 9.00 Å². The number of para-hydroxylation sites is 1. The third kappa shape index (κ3) is 2.93. The Morgan fingerprint density at radius 2 is 1.19 bits per heavy atom. The van der Waals surface area contributed by atoms with Gasteiger partial charge in [-0.15, -0.1) is 0 Å². The Balaban J connectivity index is 1.91. The van der Waals surface area contributed by atoms with Crippen LogP contribution in [0.15, 0.2) is 91.0 Å². The first-order valence-corrected chi connectivity index (χ1v) is 9.14. The molecule has 1 aliphatic heterocycles. The number of rotatable bonds is 3. The Hall–Kier alpha value is -3.18. The zero-order valence-electron chi connectivity index (χ0n) is 13.7. The van der Waals surface area contributed by atoms with Gasteiger partial charge in [0.1, 0.15) is 0 Å². The molecule has 1 aliphatic rings. The third-order valence-electron chi connectivity index (χ3n) is 4.02. The molecule has 0 aromatic heterocycles. The van der Waals surface area contributed by atoms with E-state index < -0.39 is 11.3 Å². The lowest BCUT2D eigenvalue weighted by molar-refractivity contribution is -0.112. The molecule has 26 heavy (non-hydrogen) atoms. The number of hydrogen-bond acceptors (Lipinski definition) is 3. The molecule has 1 heterocycles. The van der Waals surface area contributed by atoms with Gasteiger partial charge in [0.25, 0.3) is 5.91 Å². The fourth-order valence-corrected chi connectivity index (χ4v) is 3.74. The van der Waals surface area contributed by atoms with E-state index in [2.05, 4.69) is 0 Å². The first-order chi connectivity index (χ1) is 12.8. The highest BCUT2D eigenvalue weighted by Gasteiger charge is 2.36. The van der Waals surface area contributed by atoms with Gasteiger partial charge in [-0.2, -0.15) is 8.51 Å². The van der Waals surface area contributed by atoms with Gasteiger partial charge in [0.05, 0.1) is 11.3 Å². The van der Waals surface area contributed by atoms with Crippen molar-refractivity contribution in [1.29, 1.82) is 0 Å². The molecule has 5 heteroatoms. The highest BCUT2D eigenvalue weighted by Crippen LogP contribution is 2.36. The average Bonchev–Trinajstić information content (AvgIpc) is 2.70. The highest BCUT2D eigenvalue weighted by atomic mass is 32.2. The van der Waals surface area contributed by atoms with Crippen LogP contribution < -0.4 is 4.31 Å². The van der Waals surface area contributed by atoms with Crippen molar-refractivity contribution in [2.24, 2.45) is 0 Å². The summed E-state index contributed by atoms with van der Waals surface area (Å²) in [5.41, 5.74) is 2.34. The number of benzene rings is 3. The van der Waals surface area contributed by atoms with Crippen molar-refractivity contribution in [3.63, 3.8) is 0 Å². The SMILES string of the molecule is O=C1C(c2ccccc2)=C(c2ccccc2)OS(=O)N1c1ccccc1. The number of carbonyl (C=O) groups excluding carboxylic acids is 1. The van der Waals surface area contributed by atoms with Crippen LogP contribution in [0.25, 0.3) is 11.3 Å². The van der Waals surface area contributed by atoms with E-state index in [4.69, 9.17) is 4.18 Å². The van der Waals surface area contributed by atoms with Crippen molar-refractivity contribution in [1.82, 2.24) is 0 Å². The second-order valence-corrected chi connectivity index (χ2v) is 6.64. The lowest BCUT2D eigenvalue weighted by Gasteiger charge is -2.28. The maximum atomic E-state index is 13.3. The van der Waals surface area contributed by atoms with Gasteiger partial charge in [0, 0.05) is 5.56 Å². The lowest BCUT2D eigenvalue weighted by atomic mass is 10.00. The second kappa shape index (κ2) is 6.98. The molecule has 1 atom stereocenters. The van der Waals surface area contributed by atoms with Crippen LogP contribution in [-0.2, 0) is 20.2 Å². The van der Waals surface area contributed by atoms with E-state index in [-0.39, 0.29) is 5.91 Å². The summed E-state index contributed by atoms with van der Waals surface area (Å²) in [7, 11) is 0. The van der Waals surface area contributed by atoms with Crippen molar-refractivity contribution in [3.05, 3.63) is 102 Å². The summed E-state index contributed by atoms with van der Waals surface area (Å²) in [6.07, 6.45) is 0. The molecule has 1 amide bonds. The molecule has 3 aromatic rings. The van der Waals surface area contributed by atoms with Gasteiger partial charge in [0.15, 0.2) is 5.76 Å². The molecule has 3 aromatic carbocycles. The van der Waals surface area contributed by atoms with Crippen LogP contribution in [0, 0.1) is 0 Å². The molecule has 4 nitrogen and oxygen atoms in total. The van der Waals surface area contributed by atoms with Crippen molar-refractivity contribution in [3.8, 4) is 0 Å². The molecule has 0 saturated carbocycles. The fourth-order valence-electron chi connectivity index (χ4n) is 2.82. The third-order valence-corrected chi connectivity index (χ3v) is 5.00. The average molecular weight is 361 g/mol. The largest absolute Gasteiger partial charge is 0.383 e. The molecule has 0 N–H and O–H groups in total. The summed E-state index contributed by atoms with van der Waals surface area (Å²) in [5, 5.41) is 0. The van der Waals surface area contributed by atoms with Crippen molar-refractivity contribution in [2.75, 3.05) is 4.31 Å². The number of nitrogens with zero attached hydrogens (tertiary/aromatic N) is 1. The summed E-state index contributed by atoms with van der Waals surface area (Å²) in [5.74, 6) is -0.0295. The first kappa shape index (κ1) is 16.3. The molecule has 128 valence electrons. The Morgan fingerprint density at radius 1 is 0.692 bits per heavy atom. The normalized spacial score (nSPS) is 17.2. The van der Waals surface area contributed by atoms with Gasteiger partial charge in [-0.25, -0.2) is 0 Å². The Bertz CT molecular complexity index is 986. The van der Waals surface area contributed by atoms with Crippen molar-refractivity contribution < 1.29 is 13.2 Å². The molecule has 0 bridgehead atoms. The minimum absolute atomic E-state index is 0.326. The molecule has 0 spiro atoms. The number of amides is 1. The Labute approximate surface area is 154 Å². The smallest absolute Gasteiger partial charge is 0.326 e. The van der Waals surface area contributed by atoms with E-state index in [0.717, 1.165) is 0 Å². The fraction of sp³-hybridized carbons (Fsp3) is 0. The van der Waals surface area contributed by atoms with E-state index in [0.29, 0.717) is 28.1 Å². The summed E-state index contributed by atoms with van der Waals surface area (Å²) < 4.78 is 19.6. The van der Waals surface area contributed by atoms with Gasteiger partial charge in [0.2, 0.25) is 0 Å². The highest BCUT2D eigenvalue weighted by molar-refractivity contribution is 7.83. The predicted octanol–water partition coefficient (Wildman–Crippen LogP) is 4.20. The maximum Gasteiger partial charge on any atom is 0.326 e. The van der Waals surface area contributed by atoms with E-state index in [1.165, 1.54) is 4.31 Å². The van der Waals surface area contributed by atoms with Crippen molar-refractivity contribution in [2.45, 2.75) is 0 Å². The number of carbonyl (C=O) groups is 1. The van der Waals surface area contributed by atoms with E-state index >= 15 is 0 Å². The minimum Gasteiger partial charge on any atom is -0.383 e. The van der Waals surface area contributed by atoms with Crippen LogP contribution in [0.3, 0.4) is 0 Å². The van der Waals surface area contributed by atoms with Crippen LogP contribution in [0.2, 0.25) is 0 Å². The van der Waals surface area contributed by atoms with Crippen LogP contribution in [-0.4, -0.2) is 10.1 Å².